The van der Waals surface area contributed by atoms with E-state index in [0.29, 0.717) is 24.1 Å². The van der Waals surface area contributed by atoms with Gasteiger partial charge >= 0.3 is 5.97 Å². The van der Waals surface area contributed by atoms with Crippen LogP contribution in [-0.2, 0) is 6.42 Å². The third-order valence-corrected chi connectivity index (χ3v) is 3.40. The molecule has 1 aliphatic heterocycles. The molecule has 1 unspecified atom stereocenters. The molecule has 1 aliphatic rings. The minimum atomic E-state index is -0.958. The molecule has 0 saturated carbocycles. The second-order valence-corrected chi connectivity index (χ2v) is 4.92. The summed E-state index contributed by atoms with van der Waals surface area (Å²) in [6.07, 6.45) is 3.05. The van der Waals surface area contributed by atoms with E-state index < -0.39 is 5.97 Å². The van der Waals surface area contributed by atoms with Gasteiger partial charge in [-0.1, -0.05) is 5.16 Å². The number of carboxylic acids is 1. The van der Waals surface area contributed by atoms with Crippen LogP contribution in [0, 0.1) is 5.92 Å². The quantitative estimate of drug-likeness (QED) is 0.863. The van der Waals surface area contributed by atoms with Crippen LogP contribution in [-0.4, -0.2) is 40.3 Å². The first kappa shape index (κ1) is 12.1. The fourth-order valence-corrected chi connectivity index (χ4v) is 2.35. The van der Waals surface area contributed by atoms with Crippen molar-refractivity contribution in [3.8, 4) is 0 Å². The van der Waals surface area contributed by atoms with Crippen molar-refractivity contribution in [3.05, 3.63) is 17.5 Å². The van der Waals surface area contributed by atoms with Gasteiger partial charge in [-0.25, -0.2) is 4.79 Å². The second kappa shape index (κ2) is 4.87. The maximum absolute atomic E-state index is 10.9. The van der Waals surface area contributed by atoms with Crippen LogP contribution in [0.4, 0.5) is 0 Å². The first-order chi connectivity index (χ1) is 8.08. The summed E-state index contributed by atoms with van der Waals surface area (Å²) in [4.78, 5) is 13.3. The van der Waals surface area contributed by atoms with Crippen LogP contribution in [0.2, 0.25) is 0 Å². The van der Waals surface area contributed by atoms with Crippen molar-refractivity contribution >= 4 is 5.97 Å². The summed E-state index contributed by atoms with van der Waals surface area (Å²) in [6, 6.07) is 0.550. The van der Waals surface area contributed by atoms with E-state index in [2.05, 4.69) is 23.9 Å². The van der Waals surface area contributed by atoms with Crippen molar-refractivity contribution in [2.45, 2.75) is 32.7 Å². The molecule has 5 nitrogen and oxygen atoms in total. The molecule has 1 fully saturated rings. The predicted molar refractivity (Wildman–Crippen MR) is 62.0 cm³/mol. The number of carboxylic acid groups (broad SMARTS) is 1. The van der Waals surface area contributed by atoms with Gasteiger partial charge in [0.2, 0.25) is 0 Å². The Morgan fingerprint density at radius 1 is 1.71 bits per heavy atom. The van der Waals surface area contributed by atoms with Crippen LogP contribution >= 0.6 is 0 Å². The number of hydrogen-bond donors (Lipinski definition) is 1. The molecule has 0 amide bonds. The van der Waals surface area contributed by atoms with Crippen molar-refractivity contribution in [1.82, 2.24) is 10.1 Å². The maximum Gasteiger partial charge on any atom is 0.340 e. The van der Waals surface area contributed by atoms with Crippen molar-refractivity contribution in [1.29, 1.82) is 0 Å². The highest BCUT2D eigenvalue weighted by atomic mass is 16.5. The Bertz CT molecular complexity index is 400. The third-order valence-electron chi connectivity index (χ3n) is 3.40. The Balaban J connectivity index is 1.98. The highest BCUT2D eigenvalue weighted by molar-refractivity contribution is 5.88. The third kappa shape index (κ3) is 2.66. The molecule has 0 bridgehead atoms. The predicted octanol–water partition coefficient (Wildman–Crippen LogP) is 1.65. The second-order valence-electron chi connectivity index (χ2n) is 4.92. The summed E-state index contributed by atoms with van der Waals surface area (Å²) in [5.41, 5.74) is 0.202. The van der Waals surface area contributed by atoms with Gasteiger partial charge in [0.25, 0.3) is 0 Å². The van der Waals surface area contributed by atoms with Gasteiger partial charge in [0.05, 0.1) is 6.20 Å². The number of nitrogens with zero attached hydrogens (tertiary/aromatic N) is 2. The molecule has 1 saturated heterocycles. The van der Waals surface area contributed by atoms with Gasteiger partial charge in [-0.3, -0.25) is 0 Å². The van der Waals surface area contributed by atoms with Gasteiger partial charge < -0.3 is 14.5 Å². The molecule has 0 aliphatic carbocycles. The Hall–Kier alpha value is -1.36. The number of likely N-dealkylation sites (tertiary alicyclic amines) is 1. The molecule has 2 rings (SSSR count). The van der Waals surface area contributed by atoms with Crippen molar-refractivity contribution < 1.29 is 14.4 Å². The fourth-order valence-electron chi connectivity index (χ4n) is 2.35. The summed E-state index contributed by atoms with van der Waals surface area (Å²) in [7, 11) is 0. The van der Waals surface area contributed by atoms with E-state index >= 15 is 0 Å². The molecule has 17 heavy (non-hydrogen) atoms. The molecule has 1 atom stereocenters. The number of carbonyl (C=O) groups is 1. The van der Waals surface area contributed by atoms with E-state index in [1.165, 1.54) is 6.20 Å². The van der Waals surface area contributed by atoms with Crippen molar-refractivity contribution in [3.63, 3.8) is 0 Å². The Labute approximate surface area is 100 Å². The number of aromatic carboxylic acids is 1. The average molecular weight is 238 g/mol. The normalized spacial score (nSPS) is 21.2. The largest absolute Gasteiger partial charge is 0.478 e. The molecule has 1 N–H and O–H groups in total. The summed E-state index contributed by atoms with van der Waals surface area (Å²) in [5.74, 6) is 0.0246. The highest BCUT2D eigenvalue weighted by Gasteiger charge is 2.27. The lowest BCUT2D eigenvalue weighted by molar-refractivity contribution is 0.0694. The number of rotatable bonds is 4. The van der Waals surface area contributed by atoms with E-state index in [1.54, 1.807) is 0 Å². The van der Waals surface area contributed by atoms with Gasteiger partial charge in [-0.15, -0.1) is 0 Å². The van der Waals surface area contributed by atoms with E-state index in [9.17, 15) is 4.79 Å². The van der Waals surface area contributed by atoms with Crippen molar-refractivity contribution in [2.75, 3.05) is 13.1 Å². The molecule has 0 spiro atoms. The van der Waals surface area contributed by atoms with Crippen LogP contribution in [0.25, 0.3) is 0 Å². The van der Waals surface area contributed by atoms with Crippen LogP contribution in [0.3, 0.4) is 0 Å². The molecule has 1 aromatic rings. The van der Waals surface area contributed by atoms with Crippen LogP contribution < -0.4 is 0 Å². The lowest BCUT2D eigenvalue weighted by Gasteiger charge is -2.19. The summed E-state index contributed by atoms with van der Waals surface area (Å²) in [6.45, 7) is 6.45. The van der Waals surface area contributed by atoms with Gasteiger partial charge in [-0.2, -0.15) is 0 Å². The SMILES string of the molecule is CC(C)N1CCC(Cc2oncc2C(=O)O)C1. The molecular weight excluding hydrogens is 220 g/mol. The maximum atomic E-state index is 10.9. The zero-order chi connectivity index (χ0) is 12.4. The topological polar surface area (TPSA) is 66.6 Å². The zero-order valence-electron chi connectivity index (χ0n) is 10.2. The minimum Gasteiger partial charge on any atom is -0.478 e. The zero-order valence-corrected chi connectivity index (χ0v) is 10.2. The minimum absolute atomic E-state index is 0.202. The lowest BCUT2D eigenvalue weighted by atomic mass is 10.0. The molecular formula is C12H18N2O3. The summed E-state index contributed by atoms with van der Waals surface area (Å²) in [5, 5.41) is 12.5. The van der Waals surface area contributed by atoms with E-state index in [-0.39, 0.29) is 5.56 Å². The van der Waals surface area contributed by atoms with Crippen LogP contribution in [0.5, 0.6) is 0 Å². The van der Waals surface area contributed by atoms with E-state index in [0.717, 1.165) is 19.5 Å². The first-order valence-corrected chi connectivity index (χ1v) is 5.98. The average Bonchev–Trinajstić information content (AvgIpc) is 2.86. The highest BCUT2D eigenvalue weighted by Crippen LogP contribution is 2.23. The molecule has 2 heterocycles. The van der Waals surface area contributed by atoms with Gasteiger partial charge in [0.1, 0.15) is 5.56 Å². The molecule has 0 aromatic carbocycles. The molecule has 5 heteroatoms. The fraction of sp³-hybridized carbons (Fsp3) is 0.667. The Morgan fingerprint density at radius 2 is 2.47 bits per heavy atom. The van der Waals surface area contributed by atoms with E-state index in [1.807, 2.05) is 0 Å². The number of aromatic nitrogens is 1. The lowest BCUT2D eigenvalue weighted by Crippen LogP contribution is -2.28. The summed E-state index contributed by atoms with van der Waals surface area (Å²) < 4.78 is 5.03. The first-order valence-electron chi connectivity index (χ1n) is 5.98. The van der Waals surface area contributed by atoms with Gasteiger partial charge in [0.15, 0.2) is 5.76 Å². The van der Waals surface area contributed by atoms with Gasteiger partial charge in [-0.05, 0) is 32.7 Å². The molecule has 0 radical (unpaired) electrons. The smallest absolute Gasteiger partial charge is 0.340 e. The van der Waals surface area contributed by atoms with Gasteiger partial charge in [0, 0.05) is 19.0 Å². The standard InChI is InChI=1S/C12H18N2O3/c1-8(2)14-4-3-9(7-14)5-11-10(12(15)16)6-13-17-11/h6,8-9H,3-5,7H2,1-2H3,(H,15,16). The van der Waals surface area contributed by atoms with E-state index in [4.69, 9.17) is 9.63 Å². The van der Waals surface area contributed by atoms with Crippen LogP contribution in [0.1, 0.15) is 36.4 Å². The molecule has 1 aromatic heterocycles. The monoisotopic (exact) mass is 238 g/mol. The summed E-state index contributed by atoms with van der Waals surface area (Å²) >= 11 is 0. The van der Waals surface area contributed by atoms with Crippen molar-refractivity contribution in [2.24, 2.45) is 5.92 Å². The Morgan fingerprint density at radius 3 is 3.06 bits per heavy atom. The molecule has 94 valence electrons. The Kier molecular flexibility index (Phi) is 3.47. The number of hydrogen-bond acceptors (Lipinski definition) is 4. The van der Waals surface area contributed by atoms with Crippen LogP contribution in [0.15, 0.2) is 10.7 Å².